The van der Waals surface area contributed by atoms with E-state index < -0.39 is 17.5 Å². The van der Waals surface area contributed by atoms with Crippen LogP contribution in [0.1, 0.15) is 43.4 Å². The average molecular weight is 357 g/mol. The van der Waals surface area contributed by atoms with E-state index in [0.717, 1.165) is 55.6 Å². The van der Waals surface area contributed by atoms with Crippen LogP contribution in [0.2, 0.25) is 0 Å². The highest BCUT2D eigenvalue weighted by Crippen LogP contribution is 2.58. The number of esters is 1. The largest absolute Gasteiger partial charge is 0.478 e. The van der Waals surface area contributed by atoms with Gasteiger partial charge in [-0.05, 0) is 50.4 Å². The maximum Gasteiger partial charge on any atom is 0.331 e. The summed E-state index contributed by atoms with van der Waals surface area (Å²) in [5, 5.41) is 12.2. The summed E-state index contributed by atoms with van der Waals surface area (Å²) in [7, 11) is 0. The molecule has 140 valence electrons. The van der Waals surface area contributed by atoms with Crippen LogP contribution in [0.5, 0.6) is 0 Å². The van der Waals surface area contributed by atoms with Crippen molar-refractivity contribution < 1.29 is 19.4 Å². The standard InChI is InChI=1S/C21H27NO4/c1-14-4-5-15-13-20(2,3)21(17(15)12-14,16-8-10-22-11-9-16)26-19(25)7-6-18(23)24/h4-7,12,16,22H,8-11,13H2,1-3H3,(H,23,24)/b7-6+. The molecule has 5 heteroatoms. The zero-order valence-corrected chi connectivity index (χ0v) is 15.7. The molecule has 1 unspecified atom stereocenters. The zero-order chi connectivity index (χ0) is 18.9. The molecule has 0 radical (unpaired) electrons. The van der Waals surface area contributed by atoms with Crippen molar-refractivity contribution in [2.24, 2.45) is 11.3 Å². The molecule has 5 nitrogen and oxygen atoms in total. The minimum Gasteiger partial charge on any atom is -0.478 e. The van der Waals surface area contributed by atoms with Crippen molar-refractivity contribution >= 4 is 11.9 Å². The van der Waals surface area contributed by atoms with Crippen LogP contribution in [-0.2, 0) is 26.3 Å². The summed E-state index contributed by atoms with van der Waals surface area (Å²) in [6, 6.07) is 6.37. The molecule has 1 aliphatic carbocycles. The number of nitrogens with one attached hydrogen (secondary N) is 1. The second-order valence-electron chi connectivity index (χ2n) is 8.07. The molecule has 0 spiro atoms. The molecule has 1 saturated heterocycles. The van der Waals surface area contributed by atoms with Gasteiger partial charge in [-0.1, -0.05) is 37.6 Å². The lowest BCUT2D eigenvalue weighted by atomic mass is 9.65. The number of hydrogen-bond acceptors (Lipinski definition) is 4. The monoisotopic (exact) mass is 357 g/mol. The molecule has 3 rings (SSSR count). The number of ether oxygens (including phenoxy) is 1. The van der Waals surface area contributed by atoms with Gasteiger partial charge in [-0.15, -0.1) is 0 Å². The van der Waals surface area contributed by atoms with E-state index in [9.17, 15) is 9.59 Å². The van der Waals surface area contributed by atoms with Gasteiger partial charge in [0, 0.05) is 23.5 Å². The summed E-state index contributed by atoms with van der Waals surface area (Å²) < 4.78 is 6.17. The highest BCUT2D eigenvalue weighted by Gasteiger charge is 2.59. The van der Waals surface area contributed by atoms with Gasteiger partial charge < -0.3 is 15.2 Å². The fourth-order valence-corrected chi connectivity index (χ4v) is 4.77. The molecule has 2 N–H and O–H groups in total. The maximum atomic E-state index is 12.5. The number of fused-ring (bicyclic) bond motifs is 1. The number of benzene rings is 1. The SMILES string of the molecule is Cc1ccc2c(c1)C(OC(=O)/C=C/C(=O)O)(C1CCNCC1)C(C)(C)C2. The number of rotatable bonds is 4. The van der Waals surface area contributed by atoms with Gasteiger partial charge in [0.15, 0.2) is 0 Å². The molecule has 1 aromatic rings. The first kappa shape index (κ1) is 18.6. The molecule has 0 aromatic heterocycles. The molecule has 1 fully saturated rings. The Bertz CT molecular complexity index is 746. The summed E-state index contributed by atoms with van der Waals surface area (Å²) in [6.07, 6.45) is 4.55. The van der Waals surface area contributed by atoms with Gasteiger partial charge in [0.05, 0.1) is 0 Å². The lowest BCUT2D eigenvalue weighted by Gasteiger charge is -2.48. The van der Waals surface area contributed by atoms with Crippen molar-refractivity contribution in [1.29, 1.82) is 0 Å². The van der Waals surface area contributed by atoms with E-state index in [-0.39, 0.29) is 11.3 Å². The summed E-state index contributed by atoms with van der Waals surface area (Å²) in [5.74, 6) is -1.54. The van der Waals surface area contributed by atoms with E-state index >= 15 is 0 Å². The van der Waals surface area contributed by atoms with Gasteiger partial charge in [-0.2, -0.15) is 0 Å². The van der Waals surface area contributed by atoms with Gasteiger partial charge in [-0.3, -0.25) is 0 Å². The summed E-state index contributed by atoms with van der Waals surface area (Å²) in [4.78, 5) is 23.3. The Morgan fingerprint density at radius 3 is 2.58 bits per heavy atom. The maximum absolute atomic E-state index is 12.5. The van der Waals surface area contributed by atoms with Crippen LogP contribution in [0.15, 0.2) is 30.4 Å². The lowest BCUT2D eigenvalue weighted by molar-refractivity contribution is -0.184. The predicted molar refractivity (Wildman–Crippen MR) is 98.8 cm³/mol. The molecular weight excluding hydrogens is 330 g/mol. The van der Waals surface area contributed by atoms with Crippen LogP contribution in [0.3, 0.4) is 0 Å². The average Bonchev–Trinajstić information content (AvgIpc) is 2.81. The Balaban J connectivity index is 2.10. The van der Waals surface area contributed by atoms with Crippen LogP contribution in [0.25, 0.3) is 0 Å². The van der Waals surface area contributed by atoms with E-state index in [4.69, 9.17) is 9.84 Å². The fourth-order valence-electron chi connectivity index (χ4n) is 4.77. The molecular formula is C21H27NO4. The first-order valence-corrected chi connectivity index (χ1v) is 9.21. The number of carbonyl (C=O) groups excluding carboxylic acids is 1. The number of carbonyl (C=O) groups is 2. The third-order valence-electron chi connectivity index (χ3n) is 5.84. The van der Waals surface area contributed by atoms with Crippen LogP contribution in [0, 0.1) is 18.3 Å². The fraction of sp³-hybridized carbons (Fsp3) is 0.524. The number of hydrogen-bond donors (Lipinski definition) is 2. The summed E-state index contributed by atoms with van der Waals surface area (Å²) in [6.45, 7) is 8.14. The molecule has 1 heterocycles. The molecule has 0 amide bonds. The van der Waals surface area contributed by atoms with Gasteiger partial charge in [0.25, 0.3) is 0 Å². The van der Waals surface area contributed by atoms with Crippen LogP contribution < -0.4 is 5.32 Å². The molecule has 1 aliphatic heterocycles. The first-order chi connectivity index (χ1) is 12.3. The van der Waals surface area contributed by atoms with Crippen LogP contribution >= 0.6 is 0 Å². The van der Waals surface area contributed by atoms with Crippen molar-refractivity contribution in [3.63, 3.8) is 0 Å². The van der Waals surface area contributed by atoms with E-state index in [0.29, 0.717) is 0 Å². The van der Waals surface area contributed by atoms with E-state index in [1.165, 1.54) is 5.56 Å². The molecule has 0 bridgehead atoms. The Morgan fingerprint density at radius 1 is 1.23 bits per heavy atom. The molecule has 1 atom stereocenters. The number of aliphatic carboxylic acids is 1. The minimum absolute atomic E-state index is 0.198. The summed E-state index contributed by atoms with van der Waals surface area (Å²) in [5.41, 5.74) is 2.44. The van der Waals surface area contributed by atoms with E-state index in [1.807, 2.05) is 6.92 Å². The Labute approximate surface area is 154 Å². The first-order valence-electron chi connectivity index (χ1n) is 9.21. The van der Waals surface area contributed by atoms with Gasteiger partial charge in [0.2, 0.25) is 0 Å². The van der Waals surface area contributed by atoms with Crippen molar-refractivity contribution in [3.05, 3.63) is 47.0 Å². The highest BCUT2D eigenvalue weighted by atomic mass is 16.6. The van der Waals surface area contributed by atoms with Gasteiger partial charge in [-0.25, -0.2) is 9.59 Å². The van der Waals surface area contributed by atoms with Crippen molar-refractivity contribution in [2.75, 3.05) is 13.1 Å². The van der Waals surface area contributed by atoms with Gasteiger partial charge in [0.1, 0.15) is 5.60 Å². The van der Waals surface area contributed by atoms with Crippen LogP contribution in [0.4, 0.5) is 0 Å². The van der Waals surface area contributed by atoms with Crippen molar-refractivity contribution in [1.82, 2.24) is 5.32 Å². The van der Waals surface area contributed by atoms with E-state index in [1.54, 1.807) is 0 Å². The van der Waals surface area contributed by atoms with E-state index in [2.05, 4.69) is 37.4 Å². The quantitative estimate of drug-likeness (QED) is 0.640. The second kappa shape index (κ2) is 6.88. The predicted octanol–water partition coefficient (Wildman–Crippen LogP) is 2.96. The second-order valence-corrected chi connectivity index (χ2v) is 8.07. The lowest BCUT2D eigenvalue weighted by Crippen LogP contribution is -2.51. The number of carboxylic acids is 1. The minimum atomic E-state index is -1.15. The topological polar surface area (TPSA) is 75.6 Å². The summed E-state index contributed by atoms with van der Waals surface area (Å²) >= 11 is 0. The van der Waals surface area contributed by atoms with Crippen molar-refractivity contribution in [2.45, 2.75) is 45.6 Å². The number of carboxylic acid groups (broad SMARTS) is 1. The Hall–Kier alpha value is -2.14. The Kier molecular flexibility index (Phi) is 4.93. The molecule has 26 heavy (non-hydrogen) atoms. The highest BCUT2D eigenvalue weighted by molar-refractivity contribution is 5.91. The third-order valence-corrected chi connectivity index (χ3v) is 5.84. The van der Waals surface area contributed by atoms with Gasteiger partial charge >= 0.3 is 11.9 Å². The number of piperidine rings is 1. The molecule has 0 saturated carbocycles. The number of aryl methyl sites for hydroxylation is 1. The normalized spacial score (nSPS) is 25.2. The van der Waals surface area contributed by atoms with Crippen LogP contribution in [-0.4, -0.2) is 30.1 Å². The molecule has 2 aliphatic rings. The molecule has 1 aromatic carbocycles. The van der Waals surface area contributed by atoms with Crippen molar-refractivity contribution in [3.8, 4) is 0 Å². The third kappa shape index (κ3) is 3.16. The zero-order valence-electron chi connectivity index (χ0n) is 15.7. The smallest absolute Gasteiger partial charge is 0.331 e. The Morgan fingerprint density at radius 2 is 1.92 bits per heavy atom.